The molecule has 0 aliphatic carbocycles. The Bertz CT molecular complexity index is 1400. The van der Waals surface area contributed by atoms with E-state index in [2.05, 4.69) is 44.8 Å². The zero-order valence-electron chi connectivity index (χ0n) is 19.7. The van der Waals surface area contributed by atoms with Crippen molar-refractivity contribution in [2.24, 2.45) is 20.0 Å². The largest absolute Gasteiger partial charge is 0.332 e. The molecule has 8 heteroatoms. The molecule has 3 aromatic heterocycles. The molecule has 1 aromatic carbocycles. The first-order chi connectivity index (χ1) is 15.9. The number of benzene rings is 1. The molecule has 0 saturated carbocycles. The SMILES string of the molecule is Cc1cn2c3c(=O)n(C)c(=O)n(C)c3nc2n1CCCN1CCC(Cc2ccccc2)CC1. The summed E-state index contributed by atoms with van der Waals surface area (Å²) in [6, 6.07) is 10.8. The lowest BCUT2D eigenvalue weighted by atomic mass is 9.90. The van der Waals surface area contributed by atoms with Crippen LogP contribution in [-0.4, -0.2) is 47.6 Å². The summed E-state index contributed by atoms with van der Waals surface area (Å²) in [5.41, 5.74) is 2.74. The van der Waals surface area contributed by atoms with Gasteiger partial charge in [-0.2, -0.15) is 4.98 Å². The fraction of sp³-hybridized carbons (Fsp3) is 0.480. The van der Waals surface area contributed by atoms with Gasteiger partial charge in [0.1, 0.15) is 0 Å². The van der Waals surface area contributed by atoms with Crippen molar-refractivity contribution in [3.63, 3.8) is 0 Å². The molecule has 1 aliphatic rings. The second kappa shape index (κ2) is 8.67. The van der Waals surface area contributed by atoms with Crippen molar-refractivity contribution in [1.29, 1.82) is 0 Å². The van der Waals surface area contributed by atoms with Gasteiger partial charge in [0, 0.05) is 32.5 Å². The molecule has 0 atom stereocenters. The van der Waals surface area contributed by atoms with Crippen molar-refractivity contribution in [3.05, 3.63) is 68.6 Å². The molecule has 0 spiro atoms. The topological polar surface area (TPSA) is 69.5 Å². The molecule has 1 fully saturated rings. The maximum Gasteiger partial charge on any atom is 0.332 e. The summed E-state index contributed by atoms with van der Waals surface area (Å²) in [4.78, 5) is 32.3. The van der Waals surface area contributed by atoms with Gasteiger partial charge in [-0.25, -0.2) is 4.79 Å². The lowest BCUT2D eigenvalue weighted by Gasteiger charge is -2.32. The van der Waals surface area contributed by atoms with Crippen LogP contribution >= 0.6 is 0 Å². The highest BCUT2D eigenvalue weighted by atomic mass is 16.2. The van der Waals surface area contributed by atoms with Gasteiger partial charge in [0.05, 0.1) is 0 Å². The van der Waals surface area contributed by atoms with Gasteiger partial charge >= 0.3 is 5.69 Å². The Hall–Kier alpha value is -3.13. The van der Waals surface area contributed by atoms with Gasteiger partial charge in [0.15, 0.2) is 11.2 Å². The van der Waals surface area contributed by atoms with Crippen molar-refractivity contribution < 1.29 is 0 Å². The van der Waals surface area contributed by atoms with Gasteiger partial charge in [-0.3, -0.25) is 18.3 Å². The number of piperidine rings is 1. The number of rotatable bonds is 6. The van der Waals surface area contributed by atoms with Crippen LogP contribution in [0.2, 0.25) is 0 Å². The van der Waals surface area contributed by atoms with Crippen molar-refractivity contribution in [2.75, 3.05) is 19.6 Å². The number of likely N-dealkylation sites (tertiary alicyclic amines) is 1. The summed E-state index contributed by atoms with van der Waals surface area (Å²) < 4.78 is 6.58. The molecule has 1 saturated heterocycles. The molecule has 174 valence electrons. The number of imidazole rings is 2. The van der Waals surface area contributed by atoms with E-state index in [-0.39, 0.29) is 11.2 Å². The molecule has 0 N–H and O–H groups in total. The summed E-state index contributed by atoms with van der Waals surface area (Å²) in [5.74, 6) is 1.50. The quantitative estimate of drug-likeness (QED) is 0.454. The monoisotopic (exact) mass is 448 g/mol. The first-order valence-electron chi connectivity index (χ1n) is 11.8. The number of hydrogen-bond donors (Lipinski definition) is 0. The normalized spacial score (nSPS) is 15.7. The standard InChI is InChI=1S/C25H32N6O2/c1-18-17-31-21-22(27(2)25(33)28(3)23(21)32)26-24(31)30(18)13-7-12-29-14-10-20(11-15-29)16-19-8-5-4-6-9-19/h4-6,8-9,17,20H,7,10-16H2,1-3H3. The van der Waals surface area contributed by atoms with E-state index >= 15 is 0 Å². The van der Waals surface area contributed by atoms with E-state index in [0.717, 1.165) is 54.6 Å². The summed E-state index contributed by atoms with van der Waals surface area (Å²) in [7, 11) is 3.17. The van der Waals surface area contributed by atoms with Crippen molar-refractivity contribution >= 4 is 16.9 Å². The zero-order valence-corrected chi connectivity index (χ0v) is 19.7. The van der Waals surface area contributed by atoms with Crippen LogP contribution in [0.5, 0.6) is 0 Å². The highest BCUT2D eigenvalue weighted by molar-refractivity contribution is 5.75. The molecule has 5 rings (SSSR count). The second-order valence-corrected chi connectivity index (χ2v) is 9.41. The first-order valence-corrected chi connectivity index (χ1v) is 11.8. The average molecular weight is 449 g/mol. The number of aromatic nitrogens is 5. The summed E-state index contributed by atoms with van der Waals surface area (Å²) in [6.07, 6.45) is 6.67. The number of hydrogen-bond acceptors (Lipinski definition) is 4. The van der Waals surface area contributed by atoms with E-state index in [1.165, 1.54) is 36.4 Å². The number of nitrogens with zero attached hydrogens (tertiary/aromatic N) is 6. The van der Waals surface area contributed by atoms with Gasteiger partial charge in [-0.05, 0) is 63.7 Å². The predicted octanol–water partition coefficient (Wildman–Crippen LogP) is 2.34. The minimum atomic E-state index is -0.354. The smallest absolute Gasteiger partial charge is 0.314 e. The van der Waals surface area contributed by atoms with E-state index in [1.54, 1.807) is 7.05 Å². The van der Waals surface area contributed by atoms with Crippen LogP contribution in [0.1, 0.15) is 30.5 Å². The minimum Gasteiger partial charge on any atom is -0.314 e. The molecule has 4 heterocycles. The van der Waals surface area contributed by atoms with E-state index < -0.39 is 0 Å². The number of fused-ring (bicyclic) bond motifs is 3. The Morgan fingerprint density at radius 2 is 1.73 bits per heavy atom. The molecular formula is C25H32N6O2. The van der Waals surface area contributed by atoms with Crippen LogP contribution in [0.4, 0.5) is 0 Å². The lowest BCUT2D eigenvalue weighted by molar-refractivity contribution is 0.180. The van der Waals surface area contributed by atoms with Crippen LogP contribution in [0, 0.1) is 12.8 Å². The van der Waals surface area contributed by atoms with Crippen LogP contribution < -0.4 is 11.2 Å². The van der Waals surface area contributed by atoms with Gasteiger partial charge in [-0.15, -0.1) is 0 Å². The van der Waals surface area contributed by atoms with Crippen molar-refractivity contribution in [2.45, 2.75) is 39.2 Å². The first kappa shape index (κ1) is 21.7. The van der Waals surface area contributed by atoms with Gasteiger partial charge in [0.25, 0.3) is 5.56 Å². The van der Waals surface area contributed by atoms with Crippen LogP contribution in [0.3, 0.4) is 0 Å². The third-order valence-corrected chi connectivity index (χ3v) is 7.19. The summed E-state index contributed by atoms with van der Waals surface area (Å²) in [6.45, 7) is 6.25. The summed E-state index contributed by atoms with van der Waals surface area (Å²) >= 11 is 0. The number of aryl methyl sites for hydroxylation is 3. The Morgan fingerprint density at radius 1 is 1.00 bits per heavy atom. The Labute approximate surface area is 192 Å². The highest BCUT2D eigenvalue weighted by Gasteiger charge is 2.21. The average Bonchev–Trinajstić information content (AvgIpc) is 3.33. The molecule has 1 aliphatic heterocycles. The van der Waals surface area contributed by atoms with E-state index in [4.69, 9.17) is 0 Å². The van der Waals surface area contributed by atoms with Gasteiger partial charge in [-0.1, -0.05) is 30.3 Å². The molecule has 0 unspecified atom stereocenters. The fourth-order valence-corrected chi connectivity index (χ4v) is 5.22. The fourth-order valence-electron chi connectivity index (χ4n) is 5.22. The van der Waals surface area contributed by atoms with Crippen molar-refractivity contribution in [1.82, 2.24) is 28.0 Å². The van der Waals surface area contributed by atoms with E-state index in [1.807, 2.05) is 17.5 Å². The third kappa shape index (κ3) is 3.93. The van der Waals surface area contributed by atoms with Crippen LogP contribution in [0.25, 0.3) is 16.9 Å². The molecule has 0 radical (unpaired) electrons. The maximum atomic E-state index is 12.7. The maximum absolute atomic E-state index is 12.7. The van der Waals surface area contributed by atoms with E-state index in [0.29, 0.717) is 11.2 Å². The van der Waals surface area contributed by atoms with Gasteiger partial charge in [0.2, 0.25) is 5.78 Å². The van der Waals surface area contributed by atoms with Crippen LogP contribution in [-0.2, 0) is 27.1 Å². The molecular weight excluding hydrogens is 416 g/mol. The minimum absolute atomic E-state index is 0.309. The molecule has 0 amide bonds. The highest BCUT2D eigenvalue weighted by Crippen LogP contribution is 2.22. The van der Waals surface area contributed by atoms with E-state index in [9.17, 15) is 9.59 Å². The molecule has 8 nitrogen and oxygen atoms in total. The second-order valence-electron chi connectivity index (χ2n) is 9.41. The Kier molecular flexibility index (Phi) is 5.70. The zero-order chi connectivity index (χ0) is 23.1. The van der Waals surface area contributed by atoms with Crippen molar-refractivity contribution in [3.8, 4) is 0 Å². The van der Waals surface area contributed by atoms with Crippen LogP contribution in [0.15, 0.2) is 46.1 Å². The molecule has 4 aromatic rings. The van der Waals surface area contributed by atoms with Gasteiger partial charge < -0.3 is 9.47 Å². The third-order valence-electron chi connectivity index (χ3n) is 7.19. The summed E-state index contributed by atoms with van der Waals surface area (Å²) in [5, 5.41) is 0. The lowest BCUT2D eigenvalue weighted by Crippen LogP contribution is -2.37. The molecule has 0 bridgehead atoms. The molecule has 33 heavy (non-hydrogen) atoms. The predicted molar refractivity (Wildman–Crippen MR) is 130 cm³/mol. The Morgan fingerprint density at radius 3 is 2.45 bits per heavy atom. The Balaban J connectivity index is 1.25.